The van der Waals surface area contributed by atoms with Gasteiger partial charge in [0, 0.05) is 23.9 Å². The molecule has 0 amide bonds. The Hall–Kier alpha value is -2.43. The summed E-state index contributed by atoms with van der Waals surface area (Å²) in [6.07, 6.45) is 0. The van der Waals surface area contributed by atoms with E-state index >= 15 is 0 Å². The fourth-order valence-corrected chi connectivity index (χ4v) is 2.24. The second kappa shape index (κ2) is 5.91. The Kier molecular flexibility index (Phi) is 4.21. The minimum Gasteiger partial charge on any atom is -0.381 e. The lowest BCUT2D eigenvalue weighted by Gasteiger charge is -2.12. The molecule has 0 aliphatic heterocycles. The van der Waals surface area contributed by atoms with Gasteiger partial charge in [0.05, 0.1) is 4.92 Å². The molecule has 0 bridgehead atoms. The van der Waals surface area contributed by atoms with Crippen LogP contribution in [0.1, 0.15) is 22.3 Å². The van der Waals surface area contributed by atoms with Crippen LogP contribution >= 0.6 is 0 Å². The molecule has 110 valence electrons. The van der Waals surface area contributed by atoms with Crippen LogP contribution in [0, 0.1) is 36.7 Å². The summed E-state index contributed by atoms with van der Waals surface area (Å²) in [4.78, 5) is 10.5. The van der Waals surface area contributed by atoms with E-state index < -0.39 is 0 Å². The Labute approximate surface area is 122 Å². The van der Waals surface area contributed by atoms with Crippen molar-refractivity contribution >= 4 is 11.4 Å². The molecule has 1 N–H and O–H groups in total. The first kappa shape index (κ1) is 15.0. The zero-order valence-corrected chi connectivity index (χ0v) is 12.2. The second-order valence-corrected chi connectivity index (χ2v) is 5.14. The lowest BCUT2D eigenvalue weighted by atomic mass is 10.1. The monoisotopic (exact) mass is 288 g/mol. The summed E-state index contributed by atoms with van der Waals surface area (Å²) in [6.45, 7) is 5.94. The standard InChI is InChI=1S/C16H17FN2O2/c1-10-6-14(17)5-4-13(10)9-18-15-7-12(3)16(19(20)21)8-11(15)2/h4-8,18H,9H2,1-3H3. The largest absolute Gasteiger partial charge is 0.381 e. The molecular weight excluding hydrogens is 271 g/mol. The molecule has 0 fully saturated rings. The van der Waals surface area contributed by atoms with E-state index in [2.05, 4.69) is 5.32 Å². The van der Waals surface area contributed by atoms with Gasteiger partial charge in [-0.15, -0.1) is 0 Å². The molecule has 0 aromatic heterocycles. The first-order valence-electron chi connectivity index (χ1n) is 6.63. The predicted octanol–water partition coefficient (Wildman–Crippen LogP) is 4.27. The number of rotatable bonds is 4. The molecule has 2 aromatic rings. The average molecular weight is 288 g/mol. The molecule has 2 aromatic carbocycles. The molecule has 0 spiro atoms. The zero-order valence-electron chi connectivity index (χ0n) is 12.2. The minimum atomic E-state index is -0.379. The van der Waals surface area contributed by atoms with Crippen molar-refractivity contribution in [3.05, 3.63) is 68.5 Å². The maximum absolute atomic E-state index is 13.1. The van der Waals surface area contributed by atoms with Gasteiger partial charge in [-0.2, -0.15) is 0 Å². The van der Waals surface area contributed by atoms with Gasteiger partial charge in [-0.3, -0.25) is 10.1 Å². The van der Waals surface area contributed by atoms with Crippen LogP contribution in [-0.2, 0) is 6.54 Å². The molecular formula is C16H17FN2O2. The van der Waals surface area contributed by atoms with Crippen LogP contribution in [-0.4, -0.2) is 4.92 Å². The zero-order chi connectivity index (χ0) is 15.6. The third-order valence-electron chi connectivity index (χ3n) is 3.51. The Morgan fingerprint density at radius 3 is 2.43 bits per heavy atom. The molecule has 0 atom stereocenters. The number of nitrogens with zero attached hydrogens (tertiary/aromatic N) is 1. The van der Waals surface area contributed by atoms with Crippen LogP contribution in [0.2, 0.25) is 0 Å². The Balaban J connectivity index is 2.20. The number of nitrogens with one attached hydrogen (secondary N) is 1. The van der Waals surface area contributed by atoms with Crippen molar-refractivity contribution in [2.24, 2.45) is 0 Å². The first-order chi connectivity index (χ1) is 9.88. The summed E-state index contributed by atoms with van der Waals surface area (Å²) in [7, 11) is 0. The van der Waals surface area contributed by atoms with Crippen LogP contribution in [0.5, 0.6) is 0 Å². The normalized spacial score (nSPS) is 10.5. The second-order valence-electron chi connectivity index (χ2n) is 5.14. The van der Waals surface area contributed by atoms with Crippen LogP contribution < -0.4 is 5.32 Å². The quantitative estimate of drug-likeness (QED) is 0.675. The molecule has 0 aliphatic carbocycles. The number of nitro benzene ring substituents is 1. The van der Waals surface area contributed by atoms with Crippen molar-refractivity contribution in [2.75, 3.05) is 5.32 Å². The van der Waals surface area contributed by atoms with Gasteiger partial charge in [-0.1, -0.05) is 6.07 Å². The molecule has 4 nitrogen and oxygen atoms in total. The summed E-state index contributed by atoms with van der Waals surface area (Å²) in [6, 6.07) is 8.00. The highest BCUT2D eigenvalue weighted by atomic mass is 19.1. The van der Waals surface area contributed by atoms with E-state index in [0.29, 0.717) is 12.1 Å². The molecule has 0 saturated heterocycles. The Morgan fingerprint density at radius 2 is 1.81 bits per heavy atom. The van der Waals surface area contributed by atoms with E-state index in [9.17, 15) is 14.5 Å². The highest BCUT2D eigenvalue weighted by molar-refractivity contribution is 5.59. The average Bonchev–Trinajstić information content (AvgIpc) is 2.40. The number of nitro groups is 1. The minimum absolute atomic E-state index is 0.121. The lowest BCUT2D eigenvalue weighted by Crippen LogP contribution is -2.04. The number of anilines is 1. The number of hydrogen-bond acceptors (Lipinski definition) is 3. The molecule has 0 aliphatic rings. The van der Waals surface area contributed by atoms with Gasteiger partial charge in [0.25, 0.3) is 5.69 Å². The lowest BCUT2D eigenvalue weighted by molar-refractivity contribution is -0.385. The van der Waals surface area contributed by atoms with Crippen molar-refractivity contribution < 1.29 is 9.31 Å². The van der Waals surface area contributed by atoms with Crippen LogP contribution in [0.25, 0.3) is 0 Å². The molecule has 2 rings (SSSR count). The van der Waals surface area contributed by atoms with Crippen LogP contribution in [0.4, 0.5) is 15.8 Å². The summed E-state index contributed by atoms with van der Waals surface area (Å²) < 4.78 is 13.1. The fraction of sp³-hybridized carbons (Fsp3) is 0.250. The highest BCUT2D eigenvalue weighted by Crippen LogP contribution is 2.26. The smallest absolute Gasteiger partial charge is 0.272 e. The fourth-order valence-electron chi connectivity index (χ4n) is 2.24. The van der Waals surface area contributed by atoms with Crippen molar-refractivity contribution in [3.63, 3.8) is 0 Å². The maximum atomic E-state index is 13.1. The molecule has 0 unspecified atom stereocenters. The third-order valence-corrected chi connectivity index (χ3v) is 3.51. The van der Waals surface area contributed by atoms with E-state index in [4.69, 9.17) is 0 Å². The molecule has 0 radical (unpaired) electrons. The van der Waals surface area contributed by atoms with Crippen molar-refractivity contribution in [2.45, 2.75) is 27.3 Å². The maximum Gasteiger partial charge on any atom is 0.272 e. The number of hydrogen-bond donors (Lipinski definition) is 1. The van der Waals surface area contributed by atoms with Gasteiger partial charge >= 0.3 is 0 Å². The van der Waals surface area contributed by atoms with E-state index in [1.165, 1.54) is 12.1 Å². The van der Waals surface area contributed by atoms with Crippen LogP contribution in [0.3, 0.4) is 0 Å². The predicted molar refractivity (Wildman–Crippen MR) is 81.0 cm³/mol. The summed E-state index contributed by atoms with van der Waals surface area (Å²) >= 11 is 0. The highest BCUT2D eigenvalue weighted by Gasteiger charge is 2.13. The molecule has 21 heavy (non-hydrogen) atoms. The first-order valence-corrected chi connectivity index (χ1v) is 6.63. The summed E-state index contributed by atoms with van der Waals surface area (Å²) in [5.41, 5.74) is 4.26. The van der Waals surface area contributed by atoms with Gasteiger partial charge in [-0.05, 0) is 55.7 Å². The van der Waals surface area contributed by atoms with Gasteiger partial charge in [0.1, 0.15) is 5.82 Å². The number of aryl methyl sites for hydroxylation is 3. The van der Waals surface area contributed by atoms with Gasteiger partial charge in [0.15, 0.2) is 0 Å². The number of halogens is 1. The SMILES string of the molecule is Cc1cc(F)ccc1CNc1cc(C)c([N+](=O)[O-])cc1C. The van der Waals surface area contributed by atoms with E-state index in [1.54, 1.807) is 25.1 Å². The van der Waals surface area contributed by atoms with Crippen molar-refractivity contribution in [1.29, 1.82) is 0 Å². The summed E-state index contributed by atoms with van der Waals surface area (Å²) in [5.74, 6) is -0.251. The van der Waals surface area contributed by atoms with Gasteiger partial charge < -0.3 is 5.32 Å². The van der Waals surface area contributed by atoms with Crippen LogP contribution in [0.15, 0.2) is 30.3 Å². The van der Waals surface area contributed by atoms with E-state index in [0.717, 1.165) is 22.4 Å². The van der Waals surface area contributed by atoms with Gasteiger partial charge in [-0.25, -0.2) is 4.39 Å². The van der Waals surface area contributed by atoms with E-state index in [1.807, 2.05) is 13.8 Å². The van der Waals surface area contributed by atoms with E-state index in [-0.39, 0.29) is 16.4 Å². The third kappa shape index (κ3) is 3.37. The topological polar surface area (TPSA) is 55.2 Å². The van der Waals surface area contributed by atoms with Crippen molar-refractivity contribution in [3.8, 4) is 0 Å². The molecule has 0 heterocycles. The Morgan fingerprint density at radius 1 is 1.10 bits per heavy atom. The summed E-state index contributed by atoms with van der Waals surface area (Å²) in [5, 5.41) is 14.1. The Bertz CT molecular complexity index is 699. The number of benzene rings is 2. The van der Waals surface area contributed by atoms with Crippen molar-refractivity contribution in [1.82, 2.24) is 0 Å². The van der Waals surface area contributed by atoms with Gasteiger partial charge in [0.2, 0.25) is 0 Å². The molecule has 0 saturated carbocycles. The molecule has 5 heteroatoms.